The summed E-state index contributed by atoms with van der Waals surface area (Å²) in [5.74, 6) is 0.313. The smallest absolute Gasteiger partial charge is 0.267 e. The van der Waals surface area contributed by atoms with Gasteiger partial charge >= 0.3 is 0 Å². The molecule has 0 aliphatic carbocycles. The minimum Gasteiger partial charge on any atom is -0.306 e. The van der Waals surface area contributed by atoms with Gasteiger partial charge in [-0.05, 0) is 36.1 Å². The molecule has 2 heterocycles. The SMILES string of the molecule is Cc1ccsc1C(=O)Nc1cc(Cl)ccn1. The fourth-order valence-electron chi connectivity index (χ4n) is 1.25. The maximum absolute atomic E-state index is 11.8. The van der Waals surface area contributed by atoms with Gasteiger partial charge in [0.1, 0.15) is 5.82 Å². The normalized spacial score (nSPS) is 10.1. The quantitative estimate of drug-likeness (QED) is 0.891. The number of pyridine rings is 1. The Morgan fingerprint density at radius 2 is 2.31 bits per heavy atom. The zero-order chi connectivity index (χ0) is 11.5. The molecule has 2 rings (SSSR count). The highest BCUT2D eigenvalue weighted by Gasteiger charge is 2.10. The first-order chi connectivity index (χ1) is 7.66. The third-order valence-electron chi connectivity index (χ3n) is 2.03. The molecule has 0 radical (unpaired) electrons. The monoisotopic (exact) mass is 252 g/mol. The fourth-order valence-corrected chi connectivity index (χ4v) is 2.23. The zero-order valence-electron chi connectivity index (χ0n) is 8.53. The summed E-state index contributed by atoms with van der Waals surface area (Å²) in [6, 6.07) is 5.18. The van der Waals surface area contributed by atoms with Crippen molar-refractivity contribution in [3.8, 4) is 0 Å². The van der Waals surface area contributed by atoms with Gasteiger partial charge in [0, 0.05) is 11.2 Å². The number of carbonyl (C=O) groups excluding carboxylic acids is 1. The van der Waals surface area contributed by atoms with Crippen LogP contribution in [0, 0.1) is 6.92 Å². The van der Waals surface area contributed by atoms with Crippen LogP contribution in [0.5, 0.6) is 0 Å². The second kappa shape index (κ2) is 4.63. The number of hydrogen-bond acceptors (Lipinski definition) is 3. The van der Waals surface area contributed by atoms with Crippen molar-refractivity contribution < 1.29 is 4.79 Å². The minimum absolute atomic E-state index is 0.151. The van der Waals surface area contributed by atoms with Crippen molar-refractivity contribution in [3.63, 3.8) is 0 Å². The molecule has 0 fully saturated rings. The second-order valence-corrected chi connectivity index (χ2v) is 4.60. The van der Waals surface area contributed by atoms with Gasteiger partial charge in [-0.2, -0.15) is 0 Å². The van der Waals surface area contributed by atoms with E-state index in [4.69, 9.17) is 11.6 Å². The number of carbonyl (C=O) groups is 1. The van der Waals surface area contributed by atoms with Gasteiger partial charge in [0.2, 0.25) is 0 Å². The van der Waals surface area contributed by atoms with Gasteiger partial charge < -0.3 is 5.32 Å². The predicted octanol–water partition coefficient (Wildman–Crippen LogP) is 3.36. The van der Waals surface area contributed by atoms with E-state index in [1.54, 1.807) is 18.3 Å². The first-order valence-corrected chi connectivity index (χ1v) is 5.89. The molecule has 0 unspecified atom stereocenters. The Morgan fingerprint density at radius 1 is 1.50 bits per heavy atom. The van der Waals surface area contributed by atoms with E-state index >= 15 is 0 Å². The Kier molecular flexibility index (Phi) is 3.22. The van der Waals surface area contributed by atoms with Crippen molar-refractivity contribution in [2.45, 2.75) is 6.92 Å². The molecule has 82 valence electrons. The molecule has 2 aromatic rings. The Bertz CT molecular complexity index is 524. The van der Waals surface area contributed by atoms with Crippen LogP contribution >= 0.6 is 22.9 Å². The van der Waals surface area contributed by atoms with E-state index in [0.29, 0.717) is 15.7 Å². The number of thiophene rings is 1. The third-order valence-corrected chi connectivity index (χ3v) is 3.28. The van der Waals surface area contributed by atoms with Crippen LogP contribution in [-0.2, 0) is 0 Å². The Balaban J connectivity index is 2.17. The van der Waals surface area contributed by atoms with Crippen LogP contribution in [0.15, 0.2) is 29.8 Å². The number of nitrogens with one attached hydrogen (secondary N) is 1. The molecule has 0 bridgehead atoms. The fraction of sp³-hybridized carbons (Fsp3) is 0.0909. The summed E-state index contributed by atoms with van der Waals surface area (Å²) < 4.78 is 0. The first kappa shape index (κ1) is 11.1. The van der Waals surface area contributed by atoms with Crippen molar-refractivity contribution in [2.75, 3.05) is 5.32 Å². The van der Waals surface area contributed by atoms with Crippen molar-refractivity contribution in [3.05, 3.63) is 45.2 Å². The molecule has 3 nitrogen and oxygen atoms in total. The van der Waals surface area contributed by atoms with E-state index in [0.717, 1.165) is 5.56 Å². The van der Waals surface area contributed by atoms with Gasteiger partial charge in [-0.25, -0.2) is 4.98 Å². The van der Waals surface area contributed by atoms with Crippen LogP contribution < -0.4 is 5.32 Å². The molecule has 0 aliphatic rings. The average Bonchev–Trinajstić information content (AvgIpc) is 2.64. The third kappa shape index (κ3) is 2.40. The van der Waals surface area contributed by atoms with Crippen LogP contribution in [-0.4, -0.2) is 10.9 Å². The van der Waals surface area contributed by atoms with Crippen molar-refractivity contribution in [2.24, 2.45) is 0 Å². The highest BCUT2D eigenvalue weighted by Crippen LogP contribution is 2.18. The lowest BCUT2D eigenvalue weighted by Gasteiger charge is -2.03. The lowest BCUT2D eigenvalue weighted by atomic mass is 10.3. The molecule has 0 spiro atoms. The van der Waals surface area contributed by atoms with Crippen LogP contribution in [0.3, 0.4) is 0 Å². The second-order valence-electron chi connectivity index (χ2n) is 3.25. The van der Waals surface area contributed by atoms with Gasteiger partial charge in [-0.15, -0.1) is 11.3 Å². The molecule has 1 N–H and O–H groups in total. The Labute approximate surface area is 102 Å². The van der Waals surface area contributed by atoms with Gasteiger partial charge in [0.15, 0.2) is 0 Å². The number of rotatable bonds is 2. The van der Waals surface area contributed by atoms with Gasteiger partial charge in [0.05, 0.1) is 4.88 Å². The molecule has 1 amide bonds. The molecule has 2 aromatic heterocycles. The van der Waals surface area contributed by atoms with Crippen LogP contribution in [0.25, 0.3) is 0 Å². The van der Waals surface area contributed by atoms with Crippen molar-refractivity contribution >= 4 is 34.7 Å². The molecule has 0 atom stereocenters. The number of anilines is 1. The van der Waals surface area contributed by atoms with E-state index in [-0.39, 0.29) is 5.91 Å². The molecule has 16 heavy (non-hydrogen) atoms. The Morgan fingerprint density at radius 3 is 2.94 bits per heavy atom. The lowest BCUT2D eigenvalue weighted by molar-refractivity contribution is 0.102. The molecular formula is C11H9ClN2OS. The Hall–Kier alpha value is -1.39. The number of hydrogen-bond donors (Lipinski definition) is 1. The van der Waals surface area contributed by atoms with Gasteiger partial charge in [-0.1, -0.05) is 11.6 Å². The highest BCUT2D eigenvalue weighted by molar-refractivity contribution is 7.12. The summed E-state index contributed by atoms with van der Waals surface area (Å²) in [4.78, 5) is 16.5. The zero-order valence-corrected chi connectivity index (χ0v) is 10.1. The van der Waals surface area contributed by atoms with Crippen molar-refractivity contribution in [1.82, 2.24) is 4.98 Å². The summed E-state index contributed by atoms with van der Waals surface area (Å²) in [6.45, 7) is 1.90. The highest BCUT2D eigenvalue weighted by atomic mass is 35.5. The average molecular weight is 253 g/mol. The number of aryl methyl sites for hydroxylation is 1. The van der Waals surface area contributed by atoms with Gasteiger partial charge in [-0.3, -0.25) is 4.79 Å². The summed E-state index contributed by atoms with van der Waals surface area (Å²) in [7, 11) is 0. The molecule has 0 aromatic carbocycles. The predicted molar refractivity (Wildman–Crippen MR) is 66.3 cm³/mol. The molecule has 5 heteroatoms. The number of halogens is 1. The molecule has 0 saturated carbocycles. The van der Waals surface area contributed by atoms with E-state index in [1.807, 2.05) is 18.4 Å². The summed E-state index contributed by atoms with van der Waals surface area (Å²) in [5.41, 5.74) is 0.963. The number of amides is 1. The van der Waals surface area contributed by atoms with Crippen LogP contribution in [0.2, 0.25) is 5.02 Å². The molecule has 0 aliphatic heterocycles. The van der Waals surface area contributed by atoms with Crippen LogP contribution in [0.4, 0.5) is 5.82 Å². The summed E-state index contributed by atoms with van der Waals surface area (Å²) in [6.07, 6.45) is 1.55. The maximum Gasteiger partial charge on any atom is 0.267 e. The number of nitrogens with zero attached hydrogens (tertiary/aromatic N) is 1. The maximum atomic E-state index is 11.8. The van der Waals surface area contributed by atoms with Crippen LogP contribution in [0.1, 0.15) is 15.2 Å². The van der Waals surface area contributed by atoms with E-state index in [9.17, 15) is 4.79 Å². The topological polar surface area (TPSA) is 42.0 Å². The van der Waals surface area contributed by atoms with E-state index < -0.39 is 0 Å². The summed E-state index contributed by atoms with van der Waals surface area (Å²) >= 11 is 7.20. The van der Waals surface area contributed by atoms with Gasteiger partial charge in [0.25, 0.3) is 5.91 Å². The summed E-state index contributed by atoms with van der Waals surface area (Å²) in [5, 5.41) is 5.14. The number of aromatic nitrogens is 1. The molecular weight excluding hydrogens is 244 g/mol. The lowest BCUT2D eigenvalue weighted by Crippen LogP contribution is -2.12. The van der Waals surface area contributed by atoms with Crippen molar-refractivity contribution in [1.29, 1.82) is 0 Å². The standard InChI is InChI=1S/C11H9ClN2OS/c1-7-3-5-16-10(7)11(15)14-9-6-8(12)2-4-13-9/h2-6H,1H3,(H,13,14,15). The van der Waals surface area contributed by atoms with E-state index in [2.05, 4.69) is 10.3 Å². The minimum atomic E-state index is -0.151. The largest absolute Gasteiger partial charge is 0.306 e. The first-order valence-electron chi connectivity index (χ1n) is 4.64. The molecule has 0 saturated heterocycles. The van der Waals surface area contributed by atoms with E-state index in [1.165, 1.54) is 11.3 Å².